The largest absolute Gasteiger partial charge is 0.392 e. The van der Waals surface area contributed by atoms with Crippen LogP contribution < -0.4 is 0 Å². The molecule has 2 unspecified atom stereocenters. The van der Waals surface area contributed by atoms with Crippen LogP contribution in [0.3, 0.4) is 0 Å². The molecule has 0 aliphatic heterocycles. The van der Waals surface area contributed by atoms with Gasteiger partial charge in [0, 0.05) is 11.3 Å². The summed E-state index contributed by atoms with van der Waals surface area (Å²) in [5.41, 5.74) is 0.474. The molecule has 0 aliphatic carbocycles. The third-order valence-electron chi connectivity index (χ3n) is 2.65. The second-order valence-corrected chi connectivity index (χ2v) is 5.64. The van der Waals surface area contributed by atoms with Crippen LogP contribution in [0.4, 0.5) is 5.69 Å². The lowest BCUT2D eigenvalue weighted by Crippen LogP contribution is -2.15. The van der Waals surface area contributed by atoms with Gasteiger partial charge in [0.15, 0.2) is 0 Å². The van der Waals surface area contributed by atoms with E-state index in [1.807, 2.05) is 6.92 Å². The zero-order chi connectivity index (χ0) is 13.9. The molecule has 18 heavy (non-hydrogen) atoms. The zero-order valence-corrected chi connectivity index (χ0v) is 11.3. The van der Waals surface area contributed by atoms with E-state index in [1.54, 1.807) is 26.0 Å². The summed E-state index contributed by atoms with van der Waals surface area (Å²) in [5, 5.41) is 29.7. The van der Waals surface area contributed by atoms with Crippen LogP contribution >= 0.6 is 11.8 Å². The molecule has 5 nitrogen and oxygen atoms in total. The van der Waals surface area contributed by atoms with E-state index in [0.29, 0.717) is 10.5 Å². The molecule has 0 aromatic heterocycles. The van der Waals surface area contributed by atoms with Gasteiger partial charge in [0.05, 0.1) is 22.0 Å². The van der Waals surface area contributed by atoms with Crippen molar-refractivity contribution in [3.63, 3.8) is 0 Å². The van der Waals surface area contributed by atoms with Crippen molar-refractivity contribution in [3.05, 3.63) is 33.9 Å². The van der Waals surface area contributed by atoms with E-state index in [2.05, 4.69) is 0 Å². The fraction of sp³-hybridized carbons (Fsp3) is 0.500. The van der Waals surface area contributed by atoms with E-state index in [9.17, 15) is 20.3 Å². The maximum absolute atomic E-state index is 11.0. The molecule has 1 aromatic carbocycles. The van der Waals surface area contributed by atoms with E-state index >= 15 is 0 Å². The number of rotatable bonds is 5. The molecule has 3 atom stereocenters. The van der Waals surface area contributed by atoms with Crippen LogP contribution in [0.2, 0.25) is 0 Å². The van der Waals surface area contributed by atoms with E-state index in [-0.39, 0.29) is 10.9 Å². The maximum atomic E-state index is 11.0. The van der Waals surface area contributed by atoms with Crippen LogP contribution in [-0.2, 0) is 0 Å². The SMILES string of the molecule is CC(O)C(C)Sc1ccc([C@@H](C)O)cc1[N+](=O)[O-]. The summed E-state index contributed by atoms with van der Waals surface area (Å²) in [6.07, 6.45) is -1.29. The minimum Gasteiger partial charge on any atom is -0.392 e. The van der Waals surface area contributed by atoms with Crippen LogP contribution in [-0.4, -0.2) is 26.5 Å². The van der Waals surface area contributed by atoms with Crippen molar-refractivity contribution in [3.8, 4) is 0 Å². The Hall–Kier alpha value is -1.11. The van der Waals surface area contributed by atoms with Crippen LogP contribution in [0.25, 0.3) is 0 Å². The fourth-order valence-electron chi connectivity index (χ4n) is 1.34. The van der Waals surface area contributed by atoms with Crippen molar-refractivity contribution in [2.75, 3.05) is 0 Å². The Kier molecular flexibility index (Phi) is 5.13. The number of aliphatic hydroxyl groups excluding tert-OH is 2. The highest BCUT2D eigenvalue weighted by atomic mass is 32.2. The smallest absolute Gasteiger partial charge is 0.283 e. The van der Waals surface area contributed by atoms with Crippen molar-refractivity contribution >= 4 is 17.4 Å². The van der Waals surface area contributed by atoms with Gasteiger partial charge in [-0.2, -0.15) is 0 Å². The van der Waals surface area contributed by atoms with Crippen LogP contribution in [0, 0.1) is 10.1 Å². The van der Waals surface area contributed by atoms with E-state index in [4.69, 9.17) is 0 Å². The van der Waals surface area contributed by atoms with Crippen molar-refractivity contribution in [2.24, 2.45) is 0 Å². The molecule has 1 rings (SSSR count). The van der Waals surface area contributed by atoms with Crippen molar-refractivity contribution < 1.29 is 15.1 Å². The molecule has 0 aliphatic rings. The second kappa shape index (κ2) is 6.17. The summed E-state index contributed by atoms with van der Waals surface area (Å²) in [4.78, 5) is 11.0. The first-order valence-electron chi connectivity index (χ1n) is 5.64. The number of aliphatic hydroxyl groups is 2. The number of benzene rings is 1. The Morgan fingerprint density at radius 1 is 1.28 bits per heavy atom. The minimum absolute atomic E-state index is 0.0362. The lowest BCUT2D eigenvalue weighted by atomic mass is 10.1. The Morgan fingerprint density at radius 2 is 1.89 bits per heavy atom. The predicted molar refractivity (Wildman–Crippen MR) is 70.7 cm³/mol. The Balaban J connectivity index is 3.08. The molecular formula is C12H17NO4S. The molecule has 100 valence electrons. The molecule has 0 heterocycles. The van der Waals surface area contributed by atoms with Crippen LogP contribution in [0.15, 0.2) is 23.1 Å². The van der Waals surface area contributed by atoms with Gasteiger partial charge in [0.1, 0.15) is 0 Å². The molecule has 2 N–H and O–H groups in total. The standard InChI is InChI=1S/C12H17NO4S/c1-7(14)9(3)18-12-5-4-10(8(2)15)6-11(12)13(16)17/h4-9,14-15H,1-3H3/t7?,8-,9?/m1/s1. The number of nitrogens with zero attached hydrogens (tertiary/aromatic N) is 1. The molecule has 0 spiro atoms. The van der Waals surface area contributed by atoms with E-state index in [0.717, 1.165) is 0 Å². The normalized spacial score (nSPS) is 16.1. The van der Waals surface area contributed by atoms with E-state index < -0.39 is 17.1 Å². The lowest BCUT2D eigenvalue weighted by molar-refractivity contribution is -0.387. The average molecular weight is 271 g/mol. The molecule has 0 fully saturated rings. The first-order valence-corrected chi connectivity index (χ1v) is 6.52. The van der Waals surface area contributed by atoms with Gasteiger partial charge in [-0.3, -0.25) is 10.1 Å². The Bertz CT molecular complexity index is 434. The van der Waals surface area contributed by atoms with E-state index in [1.165, 1.54) is 17.8 Å². The first kappa shape index (κ1) is 14.9. The highest BCUT2D eigenvalue weighted by Crippen LogP contribution is 2.34. The highest BCUT2D eigenvalue weighted by molar-refractivity contribution is 8.00. The van der Waals surface area contributed by atoms with Gasteiger partial charge < -0.3 is 10.2 Å². The summed E-state index contributed by atoms with van der Waals surface area (Å²) in [6.45, 7) is 5.01. The number of nitro groups is 1. The van der Waals surface area contributed by atoms with Crippen molar-refractivity contribution in [1.82, 2.24) is 0 Å². The molecule has 0 saturated heterocycles. The fourth-order valence-corrected chi connectivity index (χ4v) is 2.33. The van der Waals surface area contributed by atoms with Gasteiger partial charge in [-0.05, 0) is 25.5 Å². The van der Waals surface area contributed by atoms with Crippen LogP contribution in [0.1, 0.15) is 32.4 Å². The average Bonchev–Trinajstić information content (AvgIpc) is 2.28. The summed E-state index contributed by atoms with van der Waals surface area (Å²) in [7, 11) is 0. The maximum Gasteiger partial charge on any atom is 0.283 e. The second-order valence-electron chi connectivity index (χ2n) is 4.22. The lowest BCUT2D eigenvalue weighted by Gasteiger charge is -2.14. The molecule has 0 radical (unpaired) electrons. The molecule has 6 heteroatoms. The van der Waals surface area contributed by atoms with Gasteiger partial charge >= 0.3 is 0 Å². The third-order valence-corrected chi connectivity index (χ3v) is 4.02. The van der Waals surface area contributed by atoms with Gasteiger partial charge in [0.25, 0.3) is 5.69 Å². The topological polar surface area (TPSA) is 83.6 Å². The van der Waals surface area contributed by atoms with Gasteiger partial charge in [-0.25, -0.2) is 0 Å². The van der Waals surface area contributed by atoms with Crippen molar-refractivity contribution in [1.29, 1.82) is 0 Å². The first-order chi connectivity index (χ1) is 8.32. The summed E-state index contributed by atoms with van der Waals surface area (Å²) in [6, 6.07) is 4.65. The van der Waals surface area contributed by atoms with Gasteiger partial charge in [0.2, 0.25) is 0 Å². The quantitative estimate of drug-likeness (QED) is 0.488. The number of hydrogen-bond acceptors (Lipinski definition) is 5. The highest BCUT2D eigenvalue weighted by Gasteiger charge is 2.20. The molecule has 1 aromatic rings. The molecule has 0 saturated carbocycles. The molecule has 0 amide bonds. The van der Waals surface area contributed by atoms with Crippen molar-refractivity contribution in [2.45, 2.75) is 43.1 Å². The van der Waals surface area contributed by atoms with Gasteiger partial charge in [-0.15, -0.1) is 11.8 Å². The van der Waals surface area contributed by atoms with Gasteiger partial charge in [-0.1, -0.05) is 13.0 Å². The predicted octanol–water partition coefficient (Wildman–Crippen LogP) is 2.51. The monoisotopic (exact) mass is 271 g/mol. The number of nitro benzene ring substituents is 1. The zero-order valence-electron chi connectivity index (χ0n) is 10.5. The molecular weight excluding hydrogens is 254 g/mol. The Labute approximate surface area is 110 Å². The summed E-state index contributed by atoms with van der Waals surface area (Å²) >= 11 is 1.25. The number of thioether (sulfide) groups is 1. The molecule has 0 bridgehead atoms. The number of hydrogen-bond donors (Lipinski definition) is 2. The third kappa shape index (κ3) is 3.69. The summed E-state index contributed by atoms with van der Waals surface area (Å²) < 4.78 is 0. The van der Waals surface area contributed by atoms with Crippen LogP contribution in [0.5, 0.6) is 0 Å². The summed E-state index contributed by atoms with van der Waals surface area (Å²) in [5.74, 6) is 0. The minimum atomic E-state index is -0.739. The Morgan fingerprint density at radius 3 is 2.33 bits per heavy atom.